The maximum atomic E-state index is 10.9. The second-order valence-corrected chi connectivity index (χ2v) is 3.03. The van der Waals surface area contributed by atoms with E-state index in [0.29, 0.717) is 13.0 Å². The van der Waals surface area contributed by atoms with Gasteiger partial charge in [0, 0.05) is 0 Å². The largest absolute Gasteiger partial charge is 0.343 e. The molecular formula is C8H10O3. The van der Waals surface area contributed by atoms with Gasteiger partial charge in [-0.2, -0.15) is 0 Å². The maximum Gasteiger partial charge on any atom is 0.196 e. The molecule has 3 nitrogen and oxygen atoms in total. The monoisotopic (exact) mass is 154 g/mol. The molecule has 11 heavy (non-hydrogen) atoms. The second-order valence-electron chi connectivity index (χ2n) is 3.03. The van der Waals surface area contributed by atoms with Crippen molar-refractivity contribution < 1.29 is 14.3 Å². The van der Waals surface area contributed by atoms with E-state index in [1.54, 1.807) is 6.08 Å². The highest BCUT2D eigenvalue weighted by atomic mass is 16.7. The molecule has 0 bridgehead atoms. The summed E-state index contributed by atoms with van der Waals surface area (Å²) in [5.41, 5.74) is 0. The Balaban J connectivity index is 2.14. The molecule has 3 heteroatoms. The Morgan fingerprint density at radius 3 is 3.00 bits per heavy atom. The van der Waals surface area contributed by atoms with Gasteiger partial charge in [-0.1, -0.05) is 0 Å². The van der Waals surface area contributed by atoms with E-state index in [1.807, 2.05) is 6.92 Å². The molecule has 1 heterocycles. The molecule has 1 saturated heterocycles. The van der Waals surface area contributed by atoms with Gasteiger partial charge >= 0.3 is 0 Å². The van der Waals surface area contributed by atoms with E-state index in [1.165, 1.54) is 6.08 Å². The average Bonchev–Trinajstić information content (AvgIpc) is 2.44. The zero-order chi connectivity index (χ0) is 7.90. The van der Waals surface area contributed by atoms with Gasteiger partial charge < -0.3 is 9.47 Å². The van der Waals surface area contributed by atoms with Crippen LogP contribution in [0.25, 0.3) is 0 Å². The lowest BCUT2D eigenvalue weighted by atomic mass is 10.2. The lowest BCUT2D eigenvalue weighted by Crippen LogP contribution is -2.26. The first-order valence-electron chi connectivity index (χ1n) is 3.74. The Morgan fingerprint density at radius 1 is 1.73 bits per heavy atom. The quantitative estimate of drug-likeness (QED) is 0.513. The minimum absolute atomic E-state index is 0.0825. The molecule has 1 aliphatic carbocycles. The van der Waals surface area contributed by atoms with Gasteiger partial charge in [-0.25, -0.2) is 0 Å². The van der Waals surface area contributed by atoms with Crippen LogP contribution in [0, 0.1) is 0 Å². The summed E-state index contributed by atoms with van der Waals surface area (Å²) in [4.78, 5) is 10.9. The summed E-state index contributed by atoms with van der Waals surface area (Å²) in [6, 6.07) is 0. The van der Waals surface area contributed by atoms with Crippen molar-refractivity contribution in [2.45, 2.75) is 25.2 Å². The Morgan fingerprint density at radius 2 is 2.55 bits per heavy atom. The third-order valence-electron chi connectivity index (χ3n) is 1.91. The van der Waals surface area contributed by atoms with E-state index >= 15 is 0 Å². The summed E-state index contributed by atoms with van der Waals surface area (Å²) >= 11 is 0. The standard InChI is InChI=1S/C8H10O3/c1-6-5-10-8(11-6)3-2-7(9)4-8/h2-3,6H,4-5H2,1H3. The van der Waals surface area contributed by atoms with Gasteiger partial charge in [0.2, 0.25) is 0 Å². The molecule has 1 aliphatic heterocycles. The third-order valence-corrected chi connectivity index (χ3v) is 1.91. The second kappa shape index (κ2) is 2.16. The molecular weight excluding hydrogens is 144 g/mol. The van der Waals surface area contributed by atoms with Gasteiger partial charge in [0.25, 0.3) is 0 Å². The number of ketones is 1. The van der Waals surface area contributed by atoms with E-state index in [4.69, 9.17) is 9.47 Å². The van der Waals surface area contributed by atoms with Crippen LogP contribution in [0.1, 0.15) is 13.3 Å². The van der Waals surface area contributed by atoms with Crippen LogP contribution >= 0.6 is 0 Å². The Hall–Kier alpha value is -0.670. The SMILES string of the molecule is CC1COC2(C=CC(=O)C2)O1. The van der Waals surface area contributed by atoms with E-state index in [-0.39, 0.29) is 11.9 Å². The fourth-order valence-electron chi connectivity index (χ4n) is 1.43. The summed E-state index contributed by atoms with van der Waals surface area (Å²) in [6.07, 6.45) is 3.68. The number of carbonyl (C=O) groups is 1. The van der Waals surface area contributed by atoms with Crippen LogP contribution in [0.5, 0.6) is 0 Å². The molecule has 0 saturated carbocycles. The molecule has 2 aliphatic rings. The minimum atomic E-state index is -0.698. The highest BCUT2D eigenvalue weighted by Gasteiger charge is 2.42. The van der Waals surface area contributed by atoms with Crippen molar-refractivity contribution in [3.05, 3.63) is 12.2 Å². The van der Waals surface area contributed by atoms with E-state index < -0.39 is 5.79 Å². The molecule has 1 spiro atoms. The van der Waals surface area contributed by atoms with Crippen molar-refractivity contribution >= 4 is 5.78 Å². The lowest BCUT2D eigenvalue weighted by Gasteiger charge is -2.18. The molecule has 0 aromatic rings. The van der Waals surface area contributed by atoms with Gasteiger partial charge in [0.05, 0.1) is 19.1 Å². The number of allylic oxidation sites excluding steroid dienone is 1. The van der Waals surface area contributed by atoms with Gasteiger partial charge in [-0.05, 0) is 19.1 Å². The van der Waals surface area contributed by atoms with Gasteiger partial charge in [0.15, 0.2) is 11.6 Å². The zero-order valence-corrected chi connectivity index (χ0v) is 6.37. The first-order valence-corrected chi connectivity index (χ1v) is 3.74. The molecule has 0 aromatic heterocycles. The average molecular weight is 154 g/mol. The normalized spacial score (nSPS) is 42.6. The Kier molecular flexibility index (Phi) is 1.37. The van der Waals surface area contributed by atoms with Crippen molar-refractivity contribution in [1.29, 1.82) is 0 Å². The van der Waals surface area contributed by atoms with Crippen LogP contribution in [-0.2, 0) is 14.3 Å². The first-order chi connectivity index (χ1) is 5.20. The predicted octanol–water partition coefficient (Wildman–Crippen LogP) is 0.647. The van der Waals surface area contributed by atoms with Crippen molar-refractivity contribution in [3.8, 4) is 0 Å². The molecule has 0 N–H and O–H groups in total. The van der Waals surface area contributed by atoms with E-state index in [2.05, 4.69) is 0 Å². The predicted molar refractivity (Wildman–Crippen MR) is 38.0 cm³/mol. The third kappa shape index (κ3) is 1.10. The Bertz CT molecular complexity index is 221. The smallest absolute Gasteiger partial charge is 0.196 e. The van der Waals surface area contributed by atoms with Crippen molar-refractivity contribution in [2.75, 3.05) is 6.61 Å². The van der Waals surface area contributed by atoms with E-state index in [9.17, 15) is 4.79 Å². The molecule has 2 rings (SSSR count). The number of carbonyl (C=O) groups excluding carboxylic acids is 1. The first kappa shape index (κ1) is 7.00. The molecule has 60 valence electrons. The molecule has 2 unspecified atom stereocenters. The Labute approximate surface area is 65.0 Å². The molecule has 2 atom stereocenters. The summed E-state index contributed by atoms with van der Waals surface area (Å²) in [5, 5.41) is 0. The molecule has 0 radical (unpaired) electrons. The molecule has 0 amide bonds. The number of hydrogen-bond acceptors (Lipinski definition) is 3. The van der Waals surface area contributed by atoms with E-state index in [0.717, 1.165) is 0 Å². The summed E-state index contributed by atoms with van der Waals surface area (Å²) < 4.78 is 10.8. The highest BCUT2D eigenvalue weighted by molar-refractivity contribution is 5.93. The van der Waals surface area contributed by atoms with Gasteiger partial charge in [-0.3, -0.25) is 4.79 Å². The van der Waals surface area contributed by atoms with Crippen LogP contribution in [0.4, 0.5) is 0 Å². The molecule has 1 fully saturated rings. The van der Waals surface area contributed by atoms with Gasteiger partial charge in [-0.15, -0.1) is 0 Å². The van der Waals surface area contributed by atoms with Gasteiger partial charge in [0.1, 0.15) is 0 Å². The minimum Gasteiger partial charge on any atom is -0.343 e. The van der Waals surface area contributed by atoms with Crippen LogP contribution in [0.3, 0.4) is 0 Å². The topological polar surface area (TPSA) is 35.5 Å². The fourth-order valence-corrected chi connectivity index (χ4v) is 1.43. The van der Waals surface area contributed by atoms with Crippen LogP contribution in [0.2, 0.25) is 0 Å². The van der Waals surface area contributed by atoms with Crippen LogP contribution in [-0.4, -0.2) is 24.3 Å². The van der Waals surface area contributed by atoms with Crippen LogP contribution in [0.15, 0.2) is 12.2 Å². The fraction of sp³-hybridized carbons (Fsp3) is 0.625. The lowest BCUT2D eigenvalue weighted by molar-refractivity contribution is -0.140. The number of rotatable bonds is 0. The number of hydrogen-bond donors (Lipinski definition) is 0. The summed E-state index contributed by atoms with van der Waals surface area (Å²) in [7, 11) is 0. The highest BCUT2D eigenvalue weighted by Crippen LogP contribution is 2.32. The zero-order valence-electron chi connectivity index (χ0n) is 6.37. The van der Waals surface area contributed by atoms with Crippen molar-refractivity contribution in [2.24, 2.45) is 0 Å². The van der Waals surface area contributed by atoms with Crippen molar-refractivity contribution in [1.82, 2.24) is 0 Å². The number of ether oxygens (including phenoxy) is 2. The van der Waals surface area contributed by atoms with Crippen molar-refractivity contribution in [3.63, 3.8) is 0 Å². The van der Waals surface area contributed by atoms with Crippen LogP contribution < -0.4 is 0 Å². The maximum absolute atomic E-state index is 10.9. The summed E-state index contributed by atoms with van der Waals surface area (Å²) in [5.74, 6) is -0.615. The molecule has 0 aromatic carbocycles. The summed E-state index contributed by atoms with van der Waals surface area (Å²) in [6.45, 7) is 2.52.